The molecule has 0 radical (unpaired) electrons. The number of rotatable bonds is 5. The van der Waals surface area contributed by atoms with Gasteiger partial charge in [0.1, 0.15) is 0 Å². The molecule has 1 heterocycles. The van der Waals surface area contributed by atoms with E-state index in [0.29, 0.717) is 6.04 Å². The molecular formula is C15H24N2S. The number of hydrogen-bond acceptors (Lipinski definition) is 3. The highest BCUT2D eigenvalue weighted by Gasteiger charge is 2.15. The van der Waals surface area contributed by atoms with E-state index in [9.17, 15) is 0 Å². The van der Waals surface area contributed by atoms with Gasteiger partial charge < -0.3 is 10.2 Å². The maximum Gasteiger partial charge on any atom is 0.0383 e. The highest BCUT2D eigenvalue weighted by molar-refractivity contribution is 7.99. The molecule has 1 fully saturated rings. The summed E-state index contributed by atoms with van der Waals surface area (Å²) in [5.74, 6) is 2.64. The minimum atomic E-state index is 0.530. The summed E-state index contributed by atoms with van der Waals surface area (Å²) in [5, 5.41) is 3.72. The standard InChI is InChI=1S/C15H24N2S/c1-13(12-16-14-8-10-18-11-9-14)17(2)15-6-4-3-5-7-15/h3-7,13-14,16H,8-12H2,1-2H3/t13-/m1/s1. The van der Waals surface area contributed by atoms with Crippen molar-refractivity contribution < 1.29 is 0 Å². The Bertz CT molecular complexity index is 336. The second-order valence-electron chi connectivity index (χ2n) is 5.09. The fourth-order valence-electron chi connectivity index (χ4n) is 2.29. The fraction of sp³-hybridized carbons (Fsp3) is 0.600. The minimum Gasteiger partial charge on any atom is -0.371 e. The Hall–Kier alpha value is -0.670. The van der Waals surface area contributed by atoms with Crippen LogP contribution in [0.1, 0.15) is 19.8 Å². The van der Waals surface area contributed by atoms with Crippen molar-refractivity contribution in [1.82, 2.24) is 5.32 Å². The van der Waals surface area contributed by atoms with Crippen molar-refractivity contribution in [2.24, 2.45) is 0 Å². The van der Waals surface area contributed by atoms with E-state index < -0.39 is 0 Å². The molecule has 0 unspecified atom stereocenters. The zero-order valence-electron chi connectivity index (χ0n) is 11.4. The van der Waals surface area contributed by atoms with Crippen LogP contribution in [0.3, 0.4) is 0 Å². The third-order valence-electron chi connectivity index (χ3n) is 3.75. The summed E-state index contributed by atoms with van der Waals surface area (Å²) in [7, 11) is 2.18. The summed E-state index contributed by atoms with van der Waals surface area (Å²) in [6.07, 6.45) is 2.65. The molecule has 1 atom stereocenters. The summed E-state index contributed by atoms with van der Waals surface area (Å²) < 4.78 is 0. The van der Waals surface area contributed by atoms with E-state index in [1.807, 2.05) is 0 Å². The Morgan fingerprint density at radius 1 is 1.28 bits per heavy atom. The molecular weight excluding hydrogens is 240 g/mol. The Kier molecular flexibility index (Phi) is 5.39. The highest BCUT2D eigenvalue weighted by atomic mass is 32.2. The molecule has 0 amide bonds. The minimum absolute atomic E-state index is 0.530. The number of thioether (sulfide) groups is 1. The van der Waals surface area contributed by atoms with Gasteiger partial charge in [0, 0.05) is 31.4 Å². The van der Waals surface area contributed by atoms with Crippen molar-refractivity contribution in [1.29, 1.82) is 0 Å². The summed E-state index contributed by atoms with van der Waals surface area (Å²) in [6, 6.07) is 11.9. The second-order valence-corrected chi connectivity index (χ2v) is 6.32. The lowest BCUT2D eigenvalue weighted by Crippen LogP contribution is -2.43. The predicted octanol–water partition coefficient (Wildman–Crippen LogP) is 3.00. The van der Waals surface area contributed by atoms with Crippen LogP contribution in [0.15, 0.2) is 30.3 Å². The maximum absolute atomic E-state index is 3.72. The molecule has 0 spiro atoms. The van der Waals surface area contributed by atoms with Gasteiger partial charge in [-0.1, -0.05) is 18.2 Å². The lowest BCUT2D eigenvalue weighted by molar-refractivity contribution is 0.459. The van der Waals surface area contributed by atoms with Crippen LogP contribution in [-0.4, -0.2) is 37.2 Å². The third-order valence-corrected chi connectivity index (χ3v) is 4.80. The zero-order valence-corrected chi connectivity index (χ0v) is 12.2. The van der Waals surface area contributed by atoms with Crippen molar-refractivity contribution in [2.75, 3.05) is 30.0 Å². The molecule has 2 rings (SSSR count). The lowest BCUT2D eigenvalue weighted by atomic mass is 10.1. The number of likely N-dealkylation sites (N-methyl/N-ethyl adjacent to an activating group) is 1. The Labute approximate surface area is 115 Å². The van der Waals surface area contributed by atoms with Crippen LogP contribution in [-0.2, 0) is 0 Å². The average molecular weight is 264 g/mol. The molecule has 1 aliphatic heterocycles. The molecule has 1 aromatic rings. The molecule has 0 aromatic heterocycles. The normalized spacial score (nSPS) is 18.6. The van der Waals surface area contributed by atoms with Crippen LogP contribution in [0.25, 0.3) is 0 Å². The number of benzene rings is 1. The number of nitrogens with one attached hydrogen (secondary N) is 1. The molecule has 3 heteroatoms. The van der Waals surface area contributed by atoms with Crippen LogP contribution in [0.5, 0.6) is 0 Å². The maximum atomic E-state index is 3.72. The van der Waals surface area contributed by atoms with Gasteiger partial charge in [0.25, 0.3) is 0 Å². The monoisotopic (exact) mass is 264 g/mol. The number of hydrogen-bond donors (Lipinski definition) is 1. The fourth-order valence-corrected chi connectivity index (χ4v) is 3.40. The quantitative estimate of drug-likeness (QED) is 0.880. The highest BCUT2D eigenvalue weighted by Crippen LogP contribution is 2.18. The van der Waals surface area contributed by atoms with E-state index in [1.165, 1.54) is 30.0 Å². The molecule has 0 bridgehead atoms. The molecule has 18 heavy (non-hydrogen) atoms. The summed E-state index contributed by atoms with van der Waals surface area (Å²) in [6.45, 7) is 3.36. The Morgan fingerprint density at radius 3 is 2.61 bits per heavy atom. The van der Waals surface area contributed by atoms with Crippen molar-refractivity contribution in [3.63, 3.8) is 0 Å². The number of anilines is 1. The van der Waals surface area contributed by atoms with Gasteiger partial charge in [-0.25, -0.2) is 0 Å². The van der Waals surface area contributed by atoms with Crippen LogP contribution < -0.4 is 10.2 Å². The van der Waals surface area contributed by atoms with Crippen molar-refractivity contribution in [3.05, 3.63) is 30.3 Å². The van der Waals surface area contributed by atoms with E-state index in [4.69, 9.17) is 0 Å². The first-order valence-corrected chi connectivity index (χ1v) is 8.02. The Balaban J connectivity index is 1.78. The summed E-state index contributed by atoms with van der Waals surface area (Å²) in [5.41, 5.74) is 1.30. The summed E-state index contributed by atoms with van der Waals surface area (Å²) >= 11 is 2.09. The van der Waals surface area contributed by atoms with Gasteiger partial charge in [0.05, 0.1) is 0 Å². The Morgan fingerprint density at radius 2 is 1.94 bits per heavy atom. The zero-order chi connectivity index (χ0) is 12.8. The first-order chi connectivity index (χ1) is 8.77. The lowest BCUT2D eigenvalue weighted by Gasteiger charge is -2.30. The van der Waals surface area contributed by atoms with Crippen LogP contribution >= 0.6 is 11.8 Å². The molecule has 1 N–H and O–H groups in total. The van der Waals surface area contributed by atoms with Gasteiger partial charge in [-0.2, -0.15) is 11.8 Å². The van der Waals surface area contributed by atoms with Crippen LogP contribution in [0, 0.1) is 0 Å². The molecule has 0 saturated carbocycles. The first-order valence-electron chi connectivity index (χ1n) is 6.86. The van der Waals surface area contributed by atoms with Gasteiger partial charge in [-0.05, 0) is 43.4 Å². The van der Waals surface area contributed by atoms with E-state index in [1.54, 1.807) is 0 Å². The van der Waals surface area contributed by atoms with Gasteiger partial charge in [-0.3, -0.25) is 0 Å². The van der Waals surface area contributed by atoms with Gasteiger partial charge in [0.2, 0.25) is 0 Å². The first kappa shape index (κ1) is 13.8. The molecule has 1 saturated heterocycles. The van der Waals surface area contributed by atoms with Gasteiger partial charge in [0.15, 0.2) is 0 Å². The van der Waals surface area contributed by atoms with E-state index in [-0.39, 0.29) is 0 Å². The van der Waals surface area contributed by atoms with Gasteiger partial charge >= 0.3 is 0 Å². The van der Waals surface area contributed by atoms with E-state index in [2.05, 4.69) is 66.3 Å². The van der Waals surface area contributed by atoms with Crippen molar-refractivity contribution in [3.8, 4) is 0 Å². The SMILES string of the molecule is C[C@H](CNC1CCSCC1)N(C)c1ccccc1. The molecule has 100 valence electrons. The molecule has 1 aromatic carbocycles. The molecule has 2 nitrogen and oxygen atoms in total. The van der Waals surface area contributed by atoms with Crippen LogP contribution in [0.2, 0.25) is 0 Å². The largest absolute Gasteiger partial charge is 0.371 e. The third kappa shape index (κ3) is 3.92. The van der Waals surface area contributed by atoms with Gasteiger partial charge in [-0.15, -0.1) is 0 Å². The molecule has 0 aliphatic carbocycles. The average Bonchev–Trinajstić information content (AvgIpc) is 2.46. The van der Waals surface area contributed by atoms with Crippen molar-refractivity contribution in [2.45, 2.75) is 31.8 Å². The second kappa shape index (κ2) is 7.05. The van der Waals surface area contributed by atoms with E-state index >= 15 is 0 Å². The topological polar surface area (TPSA) is 15.3 Å². The van der Waals surface area contributed by atoms with Crippen molar-refractivity contribution >= 4 is 17.4 Å². The molecule has 1 aliphatic rings. The van der Waals surface area contributed by atoms with Crippen LogP contribution in [0.4, 0.5) is 5.69 Å². The predicted molar refractivity (Wildman–Crippen MR) is 82.7 cm³/mol. The smallest absolute Gasteiger partial charge is 0.0383 e. The van der Waals surface area contributed by atoms with E-state index in [0.717, 1.165) is 12.6 Å². The number of nitrogens with zero attached hydrogens (tertiary/aromatic N) is 1. The number of para-hydroxylation sites is 1. The summed E-state index contributed by atoms with van der Waals surface area (Å²) in [4.78, 5) is 2.35.